The summed E-state index contributed by atoms with van der Waals surface area (Å²) in [6.07, 6.45) is 4.22. The van der Waals surface area contributed by atoms with Crippen LogP contribution in [-0.4, -0.2) is 55.9 Å². The quantitative estimate of drug-likeness (QED) is 0.695. The van der Waals surface area contributed by atoms with Crippen molar-refractivity contribution in [2.24, 2.45) is 5.73 Å². The number of carbonyl (C=O) groups excluding carboxylic acids is 1. The lowest BCUT2D eigenvalue weighted by atomic mass is 10.0. The van der Waals surface area contributed by atoms with Crippen LogP contribution < -0.4 is 5.73 Å². The lowest BCUT2D eigenvalue weighted by molar-refractivity contribution is -0.152. The number of fused-ring (bicyclic) bond motifs is 1. The van der Waals surface area contributed by atoms with Crippen molar-refractivity contribution < 1.29 is 14.7 Å². The molecule has 2 heterocycles. The van der Waals surface area contributed by atoms with Crippen molar-refractivity contribution >= 4 is 23.6 Å². The van der Waals surface area contributed by atoms with E-state index >= 15 is 0 Å². The van der Waals surface area contributed by atoms with Crippen molar-refractivity contribution in [3.05, 3.63) is 17.7 Å². The number of imidazole rings is 1. The standard InChI is InChI=1S/C12H18N4O3S/c1-20-3-2-7(13)11(17)16-5-9-8(14-6-15-9)4-10(16)12(18)19/h6-7,10H,2-5,13H2,1H3,(H,14,15)(H,18,19)/t7-,10?/m1/s1. The number of aromatic amines is 1. The van der Waals surface area contributed by atoms with Gasteiger partial charge in [-0.1, -0.05) is 0 Å². The molecule has 1 aliphatic heterocycles. The number of amides is 1. The zero-order chi connectivity index (χ0) is 14.7. The fraction of sp³-hybridized carbons (Fsp3) is 0.583. The topological polar surface area (TPSA) is 112 Å². The van der Waals surface area contributed by atoms with Crippen LogP contribution in [0.15, 0.2) is 6.33 Å². The second-order valence-electron chi connectivity index (χ2n) is 4.74. The summed E-state index contributed by atoms with van der Waals surface area (Å²) in [6.45, 7) is 0.220. The molecule has 0 spiro atoms. The highest BCUT2D eigenvalue weighted by molar-refractivity contribution is 7.98. The number of aromatic nitrogens is 2. The number of nitrogens with one attached hydrogen (secondary N) is 1. The first-order valence-corrected chi connectivity index (χ1v) is 7.73. The van der Waals surface area contributed by atoms with E-state index < -0.39 is 18.1 Å². The SMILES string of the molecule is CSCC[C@@H](N)C(=O)N1Cc2[nH]cnc2CC1C(=O)O. The predicted octanol–water partition coefficient (Wildman–Crippen LogP) is -0.172. The number of nitrogens with two attached hydrogens (primary N) is 1. The Balaban J connectivity index is 2.15. The molecule has 110 valence electrons. The van der Waals surface area contributed by atoms with Gasteiger partial charge in [-0.05, 0) is 18.4 Å². The van der Waals surface area contributed by atoms with E-state index in [0.717, 1.165) is 11.4 Å². The second kappa shape index (κ2) is 6.27. The third-order valence-electron chi connectivity index (χ3n) is 3.42. The van der Waals surface area contributed by atoms with Crippen LogP contribution in [-0.2, 0) is 22.6 Å². The Hall–Kier alpha value is -1.54. The maximum absolute atomic E-state index is 12.3. The molecule has 0 radical (unpaired) electrons. The number of rotatable bonds is 5. The van der Waals surface area contributed by atoms with Gasteiger partial charge in [-0.15, -0.1) is 0 Å². The molecule has 1 aromatic rings. The molecule has 8 heteroatoms. The van der Waals surface area contributed by atoms with E-state index in [9.17, 15) is 14.7 Å². The van der Waals surface area contributed by atoms with Gasteiger partial charge in [0.2, 0.25) is 5.91 Å². The Morgan fingerprint density at radius 1 is 1.70 bits per heavy atom. The Labute approximate surface area is 120 Å². The van der Waals surface area contributed by atoms with Crippen molar-refractivity contribution in [2.45, 2.75) is 31.5 Å². The average molecular weight is 298 g/mol. The Morgan fingerprint density at radius 2 is 2.45 bits per heavy atom. The van der Waals surface area contributed by atoms with E-state index in [0.29, 0.717) is 12.1 Å². The number of carbonyl (C=O) groups is 2. The van der Waals surface area contributed by atoms with Gasteiger partial charge < -0.3 is 20.7 Å². The Bertz CT molecular complexity index is 505. The molecule has 1 aliphatic rings. The minimum Gasteiger partial charge on any atom is -0.480 e. The maximum atomic E-state index is 12.3. The molecule has 1 amide bonds. The van der Waals surface area contributed by atoms with Gasteiger partial charge >= 0.3 is 5.97 Å². The summed E-state index contributed by atoms with van der Waals surface area (Å²) >= 11 is 1.61. The van der Waals surface area contributed by atoms with Gasteiger partial charge in [0, 0.05) is 6.42 Å². The van der Waals surface area contributed by atoms with Crippen LogP contribution in [0.4, 0.5) is 0 Å². The molecule has 1 aromatic heterocycles. The Kier molecular flexibility index (Phi) is 4.66. The molecule has 0 aromatic carbocycles. The number of thioether (sulfide) groups is 1. The van der Waals surface area contributed by atoms with Crippen LogP contribution in [0.5, 0.6) is 0 Å². The predicted molar refractivity (Wildman–Crippen MR) is 75.2 cm³/mol. The van der Waals surface area contributed by atoms with Crippen LogP contribution in [0.1, 0.15) is 17.8 Å². The summed E-state index contributed by atoms with van der Waals surface area (Å²) in [6, 6.07) is -1.55. The first kappa shape index (κ1) is 14.9. The zero-order valence-corrected chi connectivity index (χ0v) is 12.0. The summed E-state index contributed by atoms with van der Waals surface area (Å²) in [5.41, 5.74) is 7.36. The molecule has 4 N–H and O–H groups in total. The average Bonchev–Trinajstić information content (AvgIpc) is 2.89. The monoisotopic (exact) mass is 298 g/mol. The number of carboxylic acids is 1. The van der Waals surface area contributed by atoms with Crippen LogP contribution in [0, 0.1) is 0 Å². The summed E-state index contributed by atoms with van der Waals surface area (Å²) < 4.78 is 0. The molecule has 0 fully saturated rings. The molecule has 1 unspecified atom stereocenters. The number of aliphatic carboxylic acids is 1. The maximum Gasteiger partial charge on any atom is 0.326 e. The van der Waals surface area contributed by atoms with E-state index in [2.05, 4.69) is 9.97 Å². The van der Waals surface area contributed by atoms with Crippen LogP contribution in [0.3, 0.4) is 0 Å². The highest BCUT2D eigenvalue weighted by Crippen LogP contribution is 2.22. The fourth-order valence-corrected chi connectivity index (χ4v) is 2.76. The number of carboxylic acid groups (broad SMARTS) is 1. The number of nitrogens with zero attached hydrogens (tertiary/aromatic N) is 2. The normalized spacial score (nSPS) is 19.5. The van der Waals surface area contributed by atoms with Gasteiger partial charge in [-0.3, -0.25) is 4.79 Å². The molecule has 0 bridgehead atoms. The van der Waals surface area contributed by atoms with Gasteiger partial charge in [0.1, 0.15) is 6.04 Å². The molecular formula is C12H18N4O3S. The summed E-state index contributed by atoms with van der Waals surface area (Å²) in [4.78, 5) is 32.1. The van der Waals surface area contributed by atoms with Crippen LogP contribution >= 0.6 is 11.8 Å². The third-order valence-corrected chi connectivity index (χ3v) is 4.06. The van der Waals surface area contributed by atoms with Gasteiger partial charge in [0.15, 0.2) is 0 Å². The van der Waals surface area contributed by atoms with E-state index in [-0.39, 0.29) is 18.9 Å². The molecule has 0 saturated heterocycles. The molecule has 7 nitrogen and oxygen atoms in total. The van der Waals surface area contributed by atoms with Gasteiger partial charge in [0.25, 0.3) is 0 Å². The van der Waals surface area contributed by atoms with Gasteiger partial charge in [-0.25, -0.2) is 9.78 Å². The minimum absolute atomic E-state index is 0.217. The van der Waals surface area contributed by atoms with E-state index in [1.807, 2.05) is 6.26 Å². The summed E-state index contributed by atoms with van der Waals surface area (Å²) in [7, 11) is 0. The number of hydrogen-bond donors (Lipinski definition) is 3. The van der Waals surface area contributed by atoms with Crippen LogP contribution in [0.25, 0.3) is 0 Å². The molecule has 20 heavy (non-hydrogen) atoms. The lowest BCUT2D eigenvalue weighted by Gasteiger charge is -2.34. The van der Waals surface area contributed by atoms with Crippen LogP contribution in [0.2, 0.25) is 0 Å². The largest absolute Gasteiger partial charge is 0.480 e. The molecular weight excluding hydrogens is 280 g/mol. The fourth-order valence-electron chi connectivity index (χ4n) is 2.27. The first-order chi connectivity index (χ1) is 9.54. The highest BCUT2D eigenvalue weighted by atomic mass is 32.2. The highest BCUT2D eigenvalue weighted by Gasteiger charge is 2.37. The molecule has 0 aliphatic carbocycles. The molecule has 2 atom stereocenters. The van der Waals surface area contributed by atoms with Crippen molar-refractivity contribution in [3.8, 4) is 0 Å². The van der Waals surface area contributed by atoms with E-state index in [1.54, 1.807) is 11.8 Å². The Morgan fingerprint density at radius 3 is 3.10 bits per heavy atom. The molecule has 2 rings (SSSR count). The zero-order valence-electron chi connectivity index (χ0n) is 11.2. The smallest absolute Gasteiger partial charge is 0.326 e. The van der Waals surface area contributed by atoms with Gasteiger partial charge in [0.05, 0.1) is 30.3 Å². The van der Waals surface area contributed by atoms with Crippen molar-refractivity contribution in [2.75, 3.05) is 12.0 Å². The summed E-state index contributed by atoms with van der Waals surface area (Å²) in [5.74, 6) is -0.566. The van der Waals surface area contributed by atoms with E-state index in [1.165, 1.54) is 11.2 Å². The number of H-pyrrole nitrogens is 1. The third kappa shape index (κ3) is 2.96. The first-order valence-electron chi connectivity index (χ1n) is 6.33. The minimum atomic E-state index is -1.02. The van der Waals surface area contributed by atoms with Crippen molar-refractivity contribution in [3.63, 3.8) is 0 Å². The lowest BCUT2D eigenvalue weighted by Crippen LogP contribution is -2.54. The molecule has 0 saturated carbocycles. The van der Waals surface area contributed by atoms with Crippen molar-refractivity contribution in [1.29, 1.82) is 0 Å². The van der Waals surface area contributed by atoms with Crippen molar-refractivity contribution in [1.82, 2.24) is 14.9 Å². The van der Waals surface area contributed by atoms with E-state index in [4.69, 9.17) is 5.73 Å². The van der Waals surface area contributed by atoms with Gasteiger partial charge in [-0.2, -0.15) is 11.8 Å². The number of hydrogen-bond acceptors (Lipinski definition) is 5. The second-order valence-corrected chi connectivity index (χ2v) is 5.73. The summed E-state index contributed by atoms with van der Waals surface area (Å²) in [5, 5.41) is 9.30.